The van der Waals surface area contributed by atoms with Gasteiger partial charge in [-0.1, -0.05) is 6.07 Å². The second kappa shape index (κ2) is 5.24. The van der Waals surface area contributed by atoms with Crippen molar-refractivity contribution < 1.29 is 4.79 Å². The van der Waals surface area contributed by atoms with Gasteiger partial charge in [0.05, 0.1) is 14.8 Å². The van der Waals surface area contributed by atoms with Gasteiger partial charge in [0.1, 0.15) is 0 Å². The van der Waals surface area contributed by atoms with Crippen LogP contribution in [-0.2, 0) is 0 Å². The number of rotatable bonds is 3. The van der Waals surface area contributed by atoms with Crippen LogP contribution < -0.4 is 4.90 Å². The molecule has 1 fully saturated rings. The highest BCUT2D eigenvalue weighted by Crippen LogP contribution is 2.30. The fourth-order valence-corrected chi connectivity index (χ4v) is 4.02. The molecule has 0 radical (unpaired) electrons. The summed E-state index contributed by atoms with van der Waals surface area (Å²) in [5.74, 6) is 0.165. The first-order valence-corrected chi connectivity index (χ1v) is 7.97. The van der Waals surface area contributed by atoms with Crippen LogP contribution in [0.5, 0.6) is 0 Å². The van der Waals surface area contributed by atoms with Crippen LogP contribution >= 0.6 is 22.7 Å². The monoisotopic (exact) mass is 277 g/mol. The van der Waals surface area contributed by atoms with E-state index in [0.29, 0.717) is 0 Å². The normalized spacial score (nSPS) is 15.9. The maximum atomic E-state index is 12.2. The van der Waals surface area contributed by atoms with Gasteiger partial charge in [0, 0.05) is 13.1 Å². The third-order valence-corrected chi connectivity index (χ3v) is 5.24. The van der Waals surface area contributed by atoms with Gasteiger partial charge in [-0.05, 0) is 42.8 Å². The highest BCUT2D eigenvalue weighted by atomic mass is 32.1. The van der Waals surface area contributed by atoms with Gasteiger partial charge in [-0.25, -0.2) is 0 Å². The number of anilines is 1. The Labute approximate surface area is 115 Å². The van der Waals surface area contributed by atoms with Crippen molar-refractivity contribution in [3.8, 4) is 0 Å². The maximum absolute atomic E-state index is 12.2. The second-order valence-corrected chi connectivity index (χ2v) is 6.50. The van der Waals surface area contributed by atoms with Crippen LogP contribution in [0.25, 0.3) is 0 Å². The van der Waals surface area contributed by atoms with E-state index in [-0.39, 0.29) is 5.78 Å². The Bertz CT molecular complexity index is 524. The first kappa shape index (κ1) is 11.9. The SMILES string of the molecule is O=C(c1cccs1)c1ccc(N2CCCCC2)s1. The van der Waals surface area contributed by atoms with Gasteiger partial charge in [-0.15, -0.1) is 22.7 Å². The van der Waals surface area contributed by atoms with E-state index >= 15 is 0 Å². The molecule has 2 aromatic heterocycles. The molecule has 0 bridgehead atoms. The van der Waals surface area contributed by atoms with Crippen LogP contribution in [0.1, 0.15) is 33.8 Å². The quantitative estimate of drug-likeness (QED) is 0.789. The van der Waals surface area contributed by atoms with Crippen LogP contribution in [0.4, 0.5) is 5.00 Å². The Kier molecular flexibility index (Phi) is 3.48. The number of carbonyl (C=O) groups is 1. The average Bonchev–Trinajstić information content (AvgIpc) is 3.10. The molecule has 0 unspecified atom stereocenters. The molecule has 18 heavy (non-hydrogen) atoms. The van der Waals surface area contributed by atoms with E-state index < -0.39 is 0 Å². The summed E-state index contributed by atoms with van der Waals surface area (Å²) in [6, 6.07) is 7.89. The van der Waals surface area contributed by atoms with Crippen molar-refractivity contribution in [2.75, 3.05) is 18.0 Å². The number of hydrogen-bond acceptors (Lipinski definition) is 4. The van der Waals surface area contributed by atoms with Crippen molar-refractivity contribution in [1.82, 2.24) is 0 Å². The highest BCUT2D eigenvalue weighted by molar-refractivity contribution is 7.19. The molecule has 0 aromatic carbocycles. The molecule has 2 aromatic rings. The Morgan fingerprint density at radius 1 is 1.06 bits per heavy atom. The zero-order valence-corrected chi connectivity index (χ0v) is 11.7. The van der Waals surface area contributed by atoms with E-state index in [9.17, 15) is 4.79 Å². The van der Waals surface area contributed by atoms with Crippen LogP contribution in [-0.4, -0.2) is 18.9 Å². The fourth-order valence-electron chi connectivity index (χ4n) is 2.26. The van der Waals surface area contributed by atoms with E-state index in [1.54, 1.807) is 11.3 Å². The molecule has 3 rings (SSSR count). The molecule has 2 nitrogen and oxygen atoms in total. The molecule has 94 valence electrons. The Morgan fingerprint density at radius 2 is 1.89 bits per heavy atom. The molecular weight excluding hydrogens is 262 g/mol. The standard InChI is InChI=1S/C14H15NOS2/c16-14(11-5-4-10-17-11)12-6-7-13(18-12)15-8-2-1-3-9-15/h4-7,10H,1-3,8-9H2. The largest absolute Gasteiger partial charge is 0.363 e. The fraction of sp³-hybridized carbons (Fsp3) is 0.357. The molecule has 1 saturated heterocycles. The van der Waals surface area contributed by atoms with E-state index in [4.69, 9.17) is 0 Å². The number of nitrogens with zero attached hydrogens (tertiary/aromatic N) is 1. The number of carbonyl (C=O) groups excluding carboxylic acids is 1. The number of hydrogen-bond donors (Lipinski definition) is 0. The topological polar surface area (TPSA) is 20.3 Å². The molecule has 1 aliphatic rings. The molecule has 0 N–H and O–H groups in total. The molecule has 0 amide bonds. The summed E-state index contributed by atoms with van der Waals surface area (Å²) in [6.07, 6.45) is 3.88. The van der Waals surface area contributed by atoms with Crippen molar-refractivity contribution in [1.29, 1.82) is 0 Å². The van der Waals surface area contributed by atoms with Crippen molar-refractivity contribution >= 4 is 33.5 Å². The Morgan fingerprint density at radius 3 is 2.61 bits per heavy atom. The predicted octanol–water partition coefficient (Wildman–Crippen LogP) is 4.03. The van der Waals surface area contributed by atoms with Gasteiger partial charge in [-0.2, -0.15) is 0 Å². The molecule has 0 aliphatic carbocycles. The minimum absolute atomic E-state index is 0.165. The summed E-state index contributed by atoms with van der Waals surface area (Å²) < 4.78 is 0. The minimum Gasteiger partial charge on any atom is -0.363 e. The highest BCUT2D eigenvalue weighted by Gasteiger charge is 2.17. The van der Waals surface area contributed by atoms with Crippen LogP contribution in [0.2, 0.25) is 0 Å². The average molecular weight is 277 g/mol. The van der Waals surface area contributed by atoms with Crippen molar-refractivity contribution in [3.05, 3.63) is 39.4 Å². The predicted molar refractivity (Wildman–Crippen MR) is 78.1 cm³/mol. The molecule has 4 heteroatoms. The van der Waals surface area contributed by atoms with E-state index in [1.165, 1.54) is 35.6 Å². The van der Waals surface area contributed by atoms with Gasteiger partial charge >= 0.3 is 0 Å². The van der Waals surface area contributed by atoms with Gasteiger partial charge < -0.3 is 4.90 Å². The molecular formula is C14H15NOS2. The summed E-state index contributed by atoms with van der Waals surface area (Å²) >= 11 is 3.14. The van der Waals surface area contributed by atoms with Gasteiger partial charge in [0.25, 0.3) is 0 Å². The number of piperidine rings is 1. The smallest absolute Gasteiger partial charge is 0.212 e. The first-order chi connectivity index (χ1) is 8.84. The third-order valence-electron chi connectivity index (χ3n) is 3.23. The van der Waals surface area contributed by atoms with E-state index in [1.807, 2.05) is 23.6 Å². The first-order valence-electron chi connectivity index (χ1n) is 6.27. The zero-order chi connectivity index (χ0) is 12.4. The minimum atomic E-state index is 0.165. The van der Waals surface area contributed by atoms with Crippen LogP contribution in [0, 0.1) is 0 Å². The number of ketones is 1. The van der Waals surface area contributed by atoms with Crippen LogP contribution in [0.15, 0.2) is 29.6 Å². The molecule has 0 atom stereocenters. The summed E-state index contributed by atoms with van der Waals surface area (Å²) in [6.45, 7) is 2.26. The van der Waals surface area contributed by atoms with Gasteiger partial charge in [0.2, 0.25) is 5.78 Å². The molecule has 0 spiro atoms. The van der Waals surface area contributed by atoms with Crippen molar-refractivity contribution in [2.24, 2.45) is 0 Å². The Balaban J connectivity index is 1.78. The van der Waals surface area contributed by atoms with Gasteiger partial charge in [-0.3, -0.25) is 4.79 Å². The molecule has 3 heterocycles. The lowest BCUT2D eigenvalue weighted by Crippen LogP contribution is -2.28. The van der Waals surface area contributed by atoms with E-state index in [0.717, 1.165) is 22.8 Å². The summed E-state index contributed by atoms with van der Waals surface area (Å²) in [4.78, 5) is 16.3. The molecule has 0 saturated carbocycles. The second-order valence-electron chi connectivity index (χ2n) is 4.49. The van der Waals surface area contributed by atoms with E-state index in [2.05, 4.69) is 11.0 Å². The van der Waals surface area contributed by atoms with Crippen LogP contribution in [0.3, 0.4) is 0 Å². The summed E-state index contributed by atoms with van der Waals surface area (Å²) in [7, 11) is 0. The number of thiophene rings is 2. The Hall–Kier alpha value is -1.13. The molecule has 1 aliphatic heterocycles. The van der Waals surface area contributed by atoms with Gasteiger partial charge in [0.15, 0.2) is 0 Å². The lowest BCUT2D eigenvalue weighted by molar-refractivity contribution is 0.104. The van der Waals surface area contributed by atoms with Crippen molar-refractivity contribution in [3.63, 3.8) is 0 Å². The third kappa shape index (κ3) is 2.35. The zero-order valence-electron chi connectivity index (χ0n) is 10.1. The van der Waals surface area contributed by atoms with Crippen molar-refractivity contribution in [2.45, 2.75) is 19.3 Å². The lowest BCUT2D eigenvalue weighted by Gasteiger charge is -2.27. The summed E-state index contributed by atoms with van der Waals surface area (Å²) in [5, 5.41) is 3.20. The summed E-state index contributed by atoms with van der Waals surface area (Å²) in [5.41, 5.74) is 0. The maximum Gasteiger partial charge on any atom is 0.212 e. The lowest BCUT2D eigenvalue weighted by atomic mass is 10.1.